The Kier molecular flexibility index (Phi) is 6.65. The highest BCUT2D eigenvalue weighted by molar-refractivity contribution is 5.73. The third-order valence-electron chi connectivity index (χ3n) is 2.29. The van der Waals surface area contributed by atoms with Crippen LogP contribution in [0.4, 0.5) is 0 Å². The topological polar surface area (TPSA) is 20.3 Å². The molecular formula is C11H23NO. The van der Waals surface area contributed by atoms with Crippen molar-refractivity contribution in [3.63, 3.8) is 0 Å². The molecule has 0 aromatic carbocycles. The Labute approximate surface area is 82.3 Å². The Morgan fingerprint density at radius 1 is 1.31 bits per heavy atom. The first-order chi connectivity index (χ1) is 6.07. The molecule has 0 unspecified atom stereocenters. The van der Waals surface area contributed by atoms with Crippen LogP contribution < -0.4 is 0 Å². The maximum absolute atomic E-state index is 11.0. The molecule has 0 saturated carbocycles. The van der Waals surface area contributed by atoms with E-state index >= 15 is 0 Å². The van der Waals surface area contributed by atoms with Crippen LogP contribution >= 0.6 is 0 Å². The normalized spacial score (nSPS) is 10.5. The van der Waals surface area contributed by atoms with E-state index in [0.29, 0.717) is 0 Å². The van der Waals surface area contributed by atoms with E-state index < -0.39 is 0 Å². The van der Waals surface area contributed by atoms with Crippen LogP contribution in [-0.2, 0) is 4.79 Å². The zero-order valence-corrected chi connectivity index (χ0v) is 9.47. The van der Waals surface area contributed by atoms with Gasteiger partial charge in [0, 0.05) is 20.0 Å². The minimum atomic E-state index is 0.201. The number of rotatable bonds is 6. The predicted octanol–water partition coefficient (Wildman–Crippen LogP) is 2.68. The Bertz CT molecular complexity index is 143. The molecule has 0 rings (SSSR count). The summed E-state index contributed by atoms with van der Waals surface area (Å²) >= 11 is 0. The quantitative estimate of drug-likeness (QED) is 0.583. The molecule has 78 valence electrons. The zero-order chi connectivity index (χ0) is 10.3. The second-order valence-electron chi connectivity index (χ2n) is 3.99. The first kappa shape index (κ1) is 12.5. The molecule has 2 heteroatoms. The molecule has 0 heterocycles. The molecule has 13 heavy (non-hydrogen) atoms. The summed E-state index contributed by atoms with van der Waals surface area (Å²) in [4.78, 5) is 12.9. The Balaban J connectivity index is 3.44. The van der Waals surface area contributed by atoms with Crippen LogP contribution in [0.25, 0.3) is 0 Å². The summed E-state index contributed by atoms with van der Waals surface area (Å²) in [6.45, 7) is 9.93. The van der Waals surface area contributed by atoms with E-state index in [2.05, 4.69) is 13.8 Å². The molecule has 0 aromatic heterocycles. The van der Waals surface area contributed by atoms with E-state index in [0.717, 1.165) is 25.4 Å². The van der Waals surface area contributed by atoms with Crippen molar-refractivity contribution in [1.29, 1.82) is 0 Å². The maximum atomic E-state index is 11.0. The molecule has 0 N–H and O–H groups in total. The largest absolute Gasteiger partial charge is 0.343 e. The van der Waals surface area contributed by atoms with Gasteiger partial charge in [-0.15, -0.1) is 0 Å². The summed E-state index contributed by atoms with van der Waals surface area (Å²) in [6.07, 6.45) is 3.66. The van der Waals surface area contributed by atoms with Gasteiger partial charge in [-0.05, 0) is 19.3 Å². The minimum Gasteiger partial charge on any atom is -0.343 e. The number of carbonyl (C=O) groups excluding carboxylic acids is 1. The summed E-state index contributed by atoms with van der Waals surface area (Å²) in [5.74, 6) is 0.986. The molecule has 0 atom stereocenters. The third-order valence-corrected chi connectivity index (χ3v) is 2.29. The van der Waals surface area contributed by atoms with Crippen molar-refractivity contribution < 1.29 is 4.79 Å². The molecule has 0 radical (unpaired) electrons. The molecule has 0 spiro atoms. The molecular weight excluding hydrogens is 162 g/mol. The SMILES string of the molecule is CCN(CCCCC(C)C)C(C)=O. The molecule has 0 aliphatic rings. The summed E-state index contributed by atoms with van der Waals surface area (Å²) < 4.78 is 0. The average Bonchev–Trinajstić information content (AvgIpc) is 2.03. The summed E-state index contributed by atoms with van der Waals surface area (Å²) in [5, 5.41) is 0. The van der Waals surface area contributed by atoms with Crippen molar-refractivity contribution >= 4 is 5.91 Å². The van der Waals surface area contributed by atoms with Gasteiger partial charge in [-0.25, -0.2) is 0 Å². The standard InChI is InChI=1S/C11H23NO/c1-5-12(11(4)13)9-7-6-8-10(2)3/h10H,5-9H2,1-4H3. The van der Waals surface area contributed by atoms with Crippen LogP contribution in [0, 0.1) is 5.92 Å². The number of nitrogens with zero attached hydrogens (tertiary/aromatic N) is 1. The second kappa shape index (κ2) is 6.93. The van der Waals surface area contributed by atoms with Gasteiger partial charge >= 0.3 is 0 Å². The second-order valence-corrected chi connectivity index (χ2v) is 3.99. The summed E-state index contributed by atoms with van der Waals surface area (Å²) in [5.41, 5.74) is 0. The van der Waals surface area contributed by atoms with Gasteiger partial charge in [-0.1, -0.05) is 26.7 Å². The van der Waals surface area contributed by atoms with Crippen molar-refractivity contribution in [1.82, 2.24) is 4.90 Å². The van der Waals surface area contributed by atoms with E-state index in [1.165, 1.54) is 12.8 Å². The van der Waals surface area contributed by atoms with Crippen LogP contribution in [0.3, 0.4) is 0 Å². The van der Waals surface area contributed by atoms with Gasteiger partial charge in [0.15, 0.2) is 0 Å². The number of unbranched alkanes of at least 4 members (excludes halogenated alkanes) is 1. The molecule has 1 amide bonds. The third kappa shape index (κ3) is 6.62. The minimum absolute atomic E-state index is 0.201. The average molecular weight is 185 g/mol. The zero-order valence-electron chi connectivity index (χ0n) is 9.47. The van der Waals surface area contributed by atoms with E-state index in [9.17, 15) is 4.79 Å². The van der Waals surface area contributed by atoms with Crippen molar-refractivity contribution in [2.45, 2.75) is 47.0 Å². The molecule has 0 fully saturated rings. The van der Waals surface area contributed by atoms with Gasteiger partial charge in [0.2, 0.25) is 5.91 Å². The summed E-state index contributed by atoms with van der Waals surface area (Å²) in [7, 11) is 0. The maximum Gasteiger partial charge on any atom is 0.219 e. The predicted molar refractivity (Wildman–Crippen MR) is 56.6 cm³/mol. The molecule has 0 saturated heterocycles. The first-order valence-corrected chi connectivity index (χ1v) is 5.33. The highest BCUT2D eigenvalue weighted by Gasteiger charge is 2.04. The number of hydrogen-bond acceptors (Lipinski definition) is 1. The lowest BCUT2D eigenvalue weighted by Gasteiger charge is -2.18. The number of carbonyl (C=O) groups is 1. The first-order valence-electron chi connectivity index (χ1n) is 5.33. The fraction of sp³-hybridized carbons (Fsp3) is 0.909. The van der Waals surface area contributed by atoms with E-state index in [4.69, 9.17) is 0 Å². The van der Waals surface area contributed by atoms with Crippen molar-refractivity contribution in [3.8, 4) is 0 Å². The van der Waals surface area contributed by atoms with Crippen LogP contribution in [0.2, 0.25) is 0 Å². The summed E-state index contributed by atoms with van der Waals surface area (Å²) in [6, 6.07) is 0. The van der Waals surface area contributed by atoms with E-state index in [-0.39, 0.29) is 5.91 Å². The monoisotopic (exact) mass is 185 g/mol. The molecule has 0 aliphatic carbocycles. The van der Waals surface area contributed by atoms with Gasteiger partial charge in [0.05, 0.1) is 0 Å². The molecule has 0 aliphatic heterocycles. The van der Waals surface area contributed by atoms with Gasteiger partial charge < -0.3 is 4.90 Å². The highest BCUT2D eigenvalue weighted by atomic mass is 16.2. The van der Waals surface area contributed by atoms with Crippen LogP contribution in [0.5, 0.6) is 0 Å². The number of hydrogen-bond donors (Lipinski definition) is 0. The van der Waals surface area contributed by atoms with Gasteiger partial charge in [0.25, 0.3) is 0 Å². The fourth-order valence-electron chi connectivity index (χ4n) is 1.39. The molecule has 0 bridgehead atoms. The highest BCUT2D eigenvalue weighted by Crippen LogP contribution is 2.06. The van der Waals surface area contributed by atoms with E-state index in [1.54, 1.807) is 6.92 Å². The van der Waals surface area contributed by atoms with Crippen molar-refractivity contribution in [2.24, 2.45) is 5.92 Å². The molecule has 2 nitrogen and oxygen atoms in total. The Morgan fingerprint density at radius 2 is 1.92 bits per heavy atom. The number of amides is 1. The van der Waals surface area contributed by atoms with E-state index in [1.807, 2.05) is 11.8 Å². The Hall–Kier alpha value is -0.530. The van der Waals surface area contributed by atoms with Gasteiger partial charge in [-0.3, -0.25) is 4.79 Å². The Morgan fingerprint density at radius 3 is 2.31 bits per heavy atom. The van der Waals surface area contributed by atoms with Crippen LogP contribution in [0.15, 0.2) is 0 Å². The lowest BCUT2D eigenvalue weighted by molar-refractivity contribution is -0.128. The lowest BCUT2D eigenvalue weighted by atomic mass is 10.1. The molecule has 0 aromatic rings. The van der Waals surface area contributed by atoms with Crippen molar-refractivity contribution in [2.75, 3.05) is 13.1 Å². The van der Waals surface area contributed by atoms with Gasteiger partial charge in [0.1, 0.15) is 0 Å². The lowest BCUT2D eigenvalue weighted by Crippen LogP contribution is -2.29. The smallest absolute Gasteiger partial charge is 0.219 e. The fourth-order valence-corrected chi connectivity index (χ4v) is 1.39. The van der Waals surface area contributed by atoms with Crippen LogP contribution in [0.1, 0.15) is 47.0 Å². The van der Waals surface area contributed by atoms with Crippen LogP contribution in [-0.4, -0.2) is 23.9 Å². The van der Waals surface area contributed by atoms with Gasteiger partial charge in [-0.2, -0.15) is 0 Å². The van der Waals surface area contributed by atoms with Crippen molar-refractivity contribution in [3.05, 3.63) is 0 Å².